The van der Waals surface area contributed by atoms with Crippen LogP contribution >= 0.6 is 11.6 Å². The number of carbonyl (C=O) groups excluding carboxylic acids is 2. The van der Waals surface area contributed by atoms with Crippen molar-refractivity contribution in [1.29, 1.82) is 0 Å². The van der Waals surface area contributed by atoms with E-state index in [9.17, 15) is 9.59 Å². The van der Waals surface area contributed by atoms with Crippen LogP contribution in [0.4, 0.5) is 5.69 Å². The molecule has 0 aliphatic carbocycles. The first-order valence-electron chi connectivity index (χ1n) is 8.53. The molecule has 0 heterocycles. The topological polar surface area (TPSA) is 73.9 Å². The Hall–Kier alpha value is -2.73. The summed E-state index contributed by atoms with van der Waals surface area (Å²) in [6.45, 7) is 3.93. The van der Waals surface area contributed by atoms with E-state index in [-0.39, 0.29) is 10.6 Å². The molecule has 0 fully saturated rings. The Labute approximate surface area is 163 Å². The highest BCUT2D eigenvalue weighted by molar-refractivity contribution is 6.32. The number of esters is 1. The van der Waals surface area contributed by atoms with Gasteiger partial charge in [0, 0.05) is 5.69 Å². The number of rotatable bonds is 8. The quantitative estimate of drug-likeness (QED) is 0.678. The van der Waals surface area contributed by atoms with Gasteiger partial charge in [-0.3, -0.25) is 4.79 Å². The fraction of sp³-hybridized carbons (Fsp3) is 0.300. The van der Waals surface area contributed by atoms with E-state index in [1.54, 1.807) is 24.3 Å². The third-order valence-corrected chi connectivity index (χ3v) is 3.89. The lowest BCUT2D eigenvalue weighted by Gasteiger charge is -2.16. The number of hydrogen-bond donors (Lipinski definition) is 1. The Morgan fingerprint density at radius 3 is 2.52 bits per heavy atom. The van der Waals surface area contributed by atoms with E-state index < -0.39 is 18.0 Å². The molecule has 0 aromatic heterocycles. The van der Waals surface area contributed by atoms with E-state index in [2.05, 4.69) is 5.32 Å². The maximum absolute atomic E-state index is 12.4. The van der Waals surface area contributed by atoms with Crippen LogP contribution in [0, 0.1) is 0 Å². The molecule has 0 saturated heterocycles. The van der Waals surface area contributed by atoms with Gasteiger partial charge in [0.1, 0.15) is 0 Å². The molecule has 0 unspecified atom stereocenters. The predicted molar refractivity (Wildman–Crippen MR) is 104 cm³/mol. The number of para-hydroxylation sites is 1. The van der Waals surface area contributed by atoms with Crippen LogP contribution in [0.15, 0.2) is 42.5 Å². The molecular formula is C20H22ClNO5. The van der Waals surface area contributed by atoms with Crippen LogP contribution in [0.25, 0.3) is 0 Å². The molecule has 7 heteroatoms. The Morgan fingerprint density at radius 2 is 1.89 bits per heavy atom. The molecule has 0 aliphatic rings. The van der Waals surface area contributed by atoms with Gasteiger partial charge in [-0.25, -0.2) is 4.79 Å². The smallest absolute Gasteiger partial charge is 0.339 e. The monoisotopic (exact) mass is 391 g/mol. The third kappa shape index (κ3) is 5.62. The van der Waals surface area contributed by atoms with E-state index in [1.807, 2.05) is 13.0 Å². The second kappa shape index (κ2) is 9.83. The molecular weight excluding hydrogens is 370 g/mol. The molecule has 0 aliphatic heterocycles. The molecule has 0 radical (unpaired) electrons. The first-order chi connectivity index (χ1) is 13.0. The van der Waals surface area contributed by atoms with E-state index in [1.165, 1.54) is 26.2 Å². The van der Waals surface area contributed by atoms with Crippen LogP contribution in [-0.4, -0.2) is 31.7 Å². The fourth-order valence-electron chi connectivity index (χ4n) is 2.23. The van der Waals surface area contributed by atoms with Gasteiger partial charge in [0.05, 0.1) is 24.3 Å². The number of methoxy groups -OCH3 is 1. The van der Waals surface area contributed by atoms with Crippen molar-refractivity contribution in [2.45, 2.75) is 26.4 Å². The largest absolute Gasteiger partial charge is 0.493 e. The van der Waals surface area contributed by atoms with Crippen molar-refractivity contribution in [3.63, 3.8) is 0 Å². The van der Waals surface area contributed by atoms with Gasteiger partial charge in [-0.05, 0) is 37.6 Å². The molecule has 2 aromatic carbocycles. The van der Waals surface area contributed by atoms with Gasteiger partial charge in [-0.15, -0.1) is 0 Å². The SMILES string of the molecule is CCCOc1c(Cl)cc(C(=O)O[C@@H](C)C(=O)Nc2ccccc2)cc1OC. The average molecular weight is 392 g/mol. The van der Waals surface area contributed by atoms with E-state index in [0.29, 0.717) is 23.8 Å². The van der Waals surface area contributed by atoms with Crippen molar-refractivity contribution < 1.29 is 23.8 Å². The molecule has 27 heavy (non-hydrogen) atoms. The lowest BCUT2D eigenvalue weighted by molar-refractivity contribution is -0.123. The van der Waals surface area contributed by atoms with E-state index in [0.717, 1.165) is 6.42 Å². The van der Waals surface area contributed by atoms with Gasteiger partial charge in [0.15, 0.2) is 17.6 Å². The maximum atomic E-state index is 12.4. The maximum Gasteiger partial charge on any atom is 0.339 e. The highest BCUT2D eigenvalue weighted by atomic mass is 35.5. The van der Waals surface area contributed by atoms with E-state index in [4.69, 9.17) is 25.8 Å². The van der Waals surface area contributed by atoms with Gasteiger partial charge < -0.3 is 19.5 Å². The second-order valence-electron chi connectivity index (χ2n) is 5.74. The van der Waals surface area contributed by atoms with Crippen LogP contribution in [-0.2, 0) is 9.53 Å². The standard InChI is InChI=1S/C20H22ClNO5/c1-4-10-26-18-16(21)11-14(12-17(18)25-3)20(24)27-13(2)19(23)22-15-8-6-5-7-9-15/h5-9,11-13H,4,10H2,1-3H3,(H,22,23)/t13-/m0/s1. The second-order valence-corrected chi connectivity index (χ2v) is 6.15. The molecule has 144 valence electrons. The number of hydrogen-bond acceptors (Lipinski definition) is 5. The highest BCUT2D eigenvalue weighted by Gasteiger charge is 2.22. The predicted octanol–water partition coefficient (Wildman–Crippen LogP) is 4.32. The van der Waals surface area contributed by atoms with Gasteiger partial charge in [-0.2, -0.15) is 0 Å². The number of halogens is 1. The third-order valence-electron chi connectivity index (χ3n) is 3.61. The van der Waals surface area contributed by atoms with Crippen molar-refractivity contribution in [3.05, 3.63) is 53.1 Å². The molecule has 0 spiro atoms. The summed E-state index contributed by atoms with van der Waals surface area (Å²) in [5, 5.41) is 2.91. The Kier molecular flexibility index (Phi) is 7.49. The molecule has 1 atom stereocenters. The van der Waals surface area contributed by atoms with Crippen molar-refractivity contribution in [3.8, 4) is 11.5 Å². The van der Waals surface area contributed by atoms with Gasteiger partial charge >= 0.3 is 5.97 Å². The van der Waals surface area contributed by atoms with Crippen LogP contribution in [0.2, 0.25) is 5.02 Å². The molecule has 1 N–H and O–H groups in total. The number of ether oxygens (including phenoxy) is 3. The summed E-state index contributed by atoms with van der Waals surface area (Å²) < 4.78 is 16.0. The molecule has 1 amide bonds. The Bertz CT molecular complexity index is 794. The number of nitrogens with one attached hydrogen (secondary N) is 1. The lowest BCUT2D eigenvalue weighted by Crippen LogP contribution is -2.30. The summed E-state index contributed by atoms with van der Waals surface area (Å²) >= 11 is 6.21. The Morgan fingerprint density at radius 1 is 1.19 bits per heavy atom. The zero-order valence-electron chi connectivity index (χ0n) is 15.5. The van der Waals surface area contributed by atoms with Crippen molar-refractivity contribution in [2.75, 3.05) is 19.0 Å². The van der Waals surface area contributed by atoms with Crippen molar-refractivity contribution in [2.24, 2.45) is 0 Å². The Balaban J connectivity index is 2.08. The number of anilines is 1. The van der Waals surface area contributed by atoms with Gasteiger partial charge in [0.25, 0.3) is 5.91 Å². The lowest BCUT2D eigenvalue weighted by atomic mass is 10.2. The molecule has 0 saturated carbocycles. The van der Waals surface area contributed by atoms with Gasteiger partial charge in [0.2, 0.25) is 0 Å². The summed E-state index contributed by atoms with van der Waals surface area (Å²) in [5.74, 6) is -0.430. The molecule has 6 nitrogen and oxygen atoms in total. The summed E-state index contributed by atoms with van der Waals surface area (Å²) in [4.78, 5) is 24.6. The number of carbonyl (C=O) groups is 2. The first kappa shape index (κ1) is 20.6. The highest BCUT2D eigenvalue weighted by Crippen LogP contribution is 2.36. The normalized spacial score (nSPS) is 11.4. The van der Waals surface area contributed by atoms with Gasteiger partial charge in [-0.1, -0.05) is 36.7 Å². The first-order valence-corrected chi connectivity index (χ1v) is 8.91. The minimum atomic E-state index is -0.988. The number of benzene rings is 2. The van der Waals surface area contributed by atoms with Crippen molar-refractivity contribution in [1.82, 2.24) is 0 Å². The zero-order valence-corrected chi connectivity index (χ0v) is 16.2. The molecule has 2 aromatic rings. The summed E-state index contributed by atoms with van der Waals surface area (Å²) in [5.41, 5.74) is 0.785. The summed E-state index contributed by atoms with van der Waals surface area (Å²) in [6.07, 6.45) is -0.185. The van der Waals surface area contributed by atoms with Crippen LogP contribution in [0.1, 0.15) is 30.6 Å². The minimum absolute atomic E-state index is 0.167. The zero-order chi connectivity index (χ0) is 19.8. The van der Waals surface area contributed by atoms with E-state index >= 15 is 0 Å². The fourth-order valence-corrected chi connectivity index (χ4v) is 2.49. The average Bonchev–Trinajstić information content (AvgIpc) is 2.67. The molecule has 2 rings (SSSR count). The van der Waals surface area contributed by atoms with Crippen molar-refractivity contribution >= 4 is 29.2 Å². The van der Waals surface area contributed by atoms with Crippen LogP contribution in [0.5, 0.6) is 11.5 Å². The summed E-state index contributed by atoms with van der Waals surface area (Å²) in [7, 11) is 1.45. The molecule has 0 bridgehead atoms. The van der Waals surface area contributed by atoms with Crippen LogP contribution in [0.3, 0.4) is 0 Å². The number of amides is 1. The minimum Gasteiger partial charge on any atom is -0.493 e. The van der Waals surface area contributed by atoms with Crippen LogP contribution < -0.4 is 14.8 Å². The summed E-state index contributed by atoms with van der Waals surface area (Å²) in [6, 6.07) is 11.8.